The summed E-state index contributed by atoms with van der Waals surface area (Å²) in [6.07, 6.45) is 1.05. The van der Waals surface area contributed by atoms with Gasteiger partial charge in [0.15, 0.2) is 0 Å². The van der Waals surface area contributed by atoms with Crippen molar-refractivity contribution in [1.29, 1.82) is 0 Å². The summed E-state index contributed by atoms with van der Waals surface area (Å²) >= 11 is 4.75. The average Bonchev–Trinajstić information content (AvgIpc) is 2.85. The molecule has 1 aromatic carbocycles. The molecular weight excluding hydrogens is 394 g/mol. The summed E-state index contributed by atoms with van der Waals surface area (Å²) < 4.78 is 6.12. The molecule has 0 spiro atoms. The second kappa shape index (κ2) is 7.63. The number of rotatable bonds is 4. The van der Waals surface area contributed by atoms with Crippen molar-refractivity contribution in [2.24, 2.45) is 5.10 Å². The van der Waals surface area contributed by atoms with Crippen molar-refractivity contribution in [2.75, 3.05) is 16.5 Å². The molecule has 0 aliphatic heterocycles. The minimum absolute atomic E-state index is 0.437. The lowest BCUT2D eigenvalue weighted by atomic mass is 10.2. The molecule has 128 valence electrons. The molecule has 0 fully saturated rings. The molecule has 0 bridgehead atoms. The normalized spacial score (nSPS) is 11.5. The molecule has 1 aromatic heterocycles. The molecule has 0 aliphatic rings. The SMILES string of the molecule is CC(C)(C)OC(=O)Nc1ccc(Br)cc1C=NNc1nc(N)cs1. The van der Waals surface area contributed by atoms with Crippen molar-refractivity contribution >= 4 is 56.2 Å². The Morgan fingerprint density at radius 2 is 2.21 bits per heavy atom. The Labute approximate surface area is 152 Å². The van der Waals surface area contributed by atoms with E-state index in [0.717, 1.165) is 4.47 Å². The van der Waals surface area contributed by atoms with Gasteiger partial charge in [0.1, 0.15) is 11.4 Å². The second-order valence-electron chi connectivity index (χ2n) is 5.81. The summed E-state index contributed by atoms with van der Waals surface area (Å²) in [6, 6.07) is 5.41. The van der Waals surface area contributed by atoms with Crippen LogP contribution in [0.25, 0.3) is 0 Å². The van der Waals surface area contributed by atoms with Crippen LogP contribution in [0.4, 0.5) is 21.4 Å². The zero-order valence-corrected chi connectivity index (χ0v) is 15.9. The molecule has 4 N–H and O–H groups in total. The Bertz CT molecular complexity index is 755. The van der Waals surface area contributed by atoms with Gasteiger partial charge in [0.25, 0.3) is 0 Å². The fraction of sp³-hybridized carbons (Fsp3) is 0.267. The number of nitrogens with two attached hydrogens (primary N) is 1. The Balaban J connectivity index is 2.10. The van der Waals surface area contributed by atoms with Crippen LogP contribution in [-0.2, 0) is 4.74 Å². The number of hydrazone groups is 1. The molecule has 24 heavy (non-hydrogen) atoms. The van der Waals surface area contributed by atoms with Gasteiger partial charge < -0.3 is 10.5 Å². The quantitative estimate of drug-likeness (QED) is 0.514. The number of carbonyl (C=O) groups is 1. The Morgan fingerprint density at radius 3 is 2.83 bits per heavy atom. The number of hydrogen-bond donors (Lipinski definition) is 3. The minimum atomic E-state index is -0.569. The maximum Gasteiger partial charge on any atom is 0.412 e. The smallest absolute Gasteiger partial charge is 0.412 e. The summed E-state index contributed by atoms with van der Waals surface area (Å²) in [6.45, 7) is 5.42. The number of nitrogens with zero attached hydrogens (tertiary/aromatic N) is 2. The van der Waals surface area contributed by atoms with E-state index in [4.69, 9.17) is 10.5 Å². The first-order chi connectivity index (χ1) is 11.2. The number of hydrogen-bond acceptors (Lipinski definition) is 7. The van der Waals surface area contributed by atoms with E-state index in [2.05, 4.69) is 36.8 Å². The van der Waals surface area contributed by atoms with Crippen molar-refractivity contribution < 1.29 is 9.53 Å². The fourth-order valence-corrected chi connectivity index (χ4v) is 2.59. The van der Waals surface area contributed by atoms with Gasteiger partial charge in [-0.15, -0.1) is 11.3 Å². The number of nitrogens with one attached hydrogen (secondary N) is 2. The minimum Gasteiger partial charge on any atom is -0.444 e. The first-order valence-corrected chi connectivity index (χ1v) is 8.70. The van der Waals surface area contributed by atoms with Crippen LogP contribution in [0.15, 0.2) is 33.2 Å². The molecule has 0 aliphatic carbocycles. The van der Waals surface area contributed by atoms with Crippen LogP contribution < -0.4 is 16.5 Å². The van der Waals surface area contributed by atoms with E-state index >= 15 is 0 Å². The fourth-order valence-electron chi connectivity index (χ4n) is 1.66. The van der Waals surface area contributed by atoms with E-state index in [0.29, 0.717) is 22.2 Å². The van der Waals surface area contributed by atoms with Gasteiger partial charge in [-0.2, -0.15) is 5.10 Å². The number of nitrogen functional groups attached to an aromatic ring is 1. The molecule has 0 atom stereocenters. The predicted molar refractivity (Wildman–Crippen MR) is 102 cm³/mol. The van der Waals surface area contributed by atoms with E-state index in [9.17, 15) is 4.79 Å². The lowest BCUT2D eigenvalue weighted by molar-refractivity contribution is 0.0636. The first-order valence-electron chi connectivity index (χ1n) is 7.02. The summed E-state index contributed by atoms with van der Waals surface area (Å²) in [5, 5.41) is 9.12. The highest BCUT2D eigenvalue weighted by molar-refractivity contribution is 9.10. The van der Waals surface area contributed by atoms with Crippen LogP contribution in [0.1, 0.15) is 26.3 Å². The summed E-state index contributed by atoms with van der Waals surface area (Å²) in [5.41, 5.74) is 9.05. The monoisotopic (exact) mass is 411 g/mol. The maximum absolute atomic E-state index is 11.9. The van der Waals surface area contributed by atoms with Crippen LogP contribution >= 0.6 is 27.3 Å². The summed E-state index contributed by atoms with van der Waals surface area (Å²) in [7, 11) is 0. The second-order valence-corrected chi connectivity index (χ2v) is 7.58. The molecule has 1 heterocycles. The van der Waals surface area contributed by atoms with Gasteiger partial charge in [0.05, 0.1) is 11.9 Å². The predicted octanol–water partition coefficient (Wildman–Crippen LogP) is 4.28. The lowest BCUT2D eigenvalue weighted by Gasteiger charge is -2.20. The van der Waals surface area contributed by atoms with Crippen molar-refractivity contribution in [3.8, 4) is 0 Å². The van der Waals surface area contributed by atoms with Crippen molar-refractivity contribution in [2.45, 2.75) is 26.4 Å². The van der Waals surface area contributed by atoms with Crippen LogP contribution in [-0.4, -0.2) is 22.9 Å². The molecule has 0 unspecified atom stereocenters. The van der Waals surface area contributed by atoms with E-state index in [1.165, 1.54) is 11.3 Å². The number of amides is 1. The number of aromatic nitrogens is 1. The van der Waals surface area contributed by atoms with Gasteiger partial charge in [-0.05, 0) is 39.0 Å². The van der Waals surface area contributed by atoms with E-state index in [-0.39, 0.29) is 0 Å². The average molecular weight is 412 g/mol. The van der Waals surface area contributed by atoms with E-state index < -0.39 is 11.7 Å². The van der Waals surface area contributed by atoms with Gasteiger partial charge in [0.2, 0.25) is 5.13 Å². The highest BCUT2D eigenvalue weighted by Crippen LogP contribution is 2.21. The Hall–Kier alpha value is -2.13. The van der Waals surface area contributed by atoms with Crippen LogP contribution in [0.2, 0.25) is 0 Å². The maximum atomic E-state index is 11.9. The van der Waals surface area contributed by atoms with E-state index in [1.807, 2.05) is 12.1 Å². The van der Waals surface area contributed by atoms with Crippen molar-refractivity contribution in [3.63, 3.8) is 0 Å². The largest absolute Gasteiger partial charge is 0.444 e. The number of anilines is 3. The summed E-state index contributed by atoms with van der Waals surface area (Å²) in [5.74, 6) is 0.437. The van der Waals surface area contributed by atoms with Crippen molar-refractivity contribution in [1.82, 2.24) is 4.98 Å². The number of thiazole rings is 1. The van der Waals surface area contributed by atoms with Gasteiger partial charge in [-0.3, -0.25) is 10.7 Å². The highest BCUT2D eigenvalue weighted by Gasteiger charge is 2.17. The third-order valence-electron chi connectivity index (χ3n) is 2.54. The Kier molecular flexibility index (Phi) is 5.79. The number of ether oxygens (including phenoxy) is 1. The van der Waals surface area contributed by atoms with Gasteiger partial charge in [0, 0.05) is 15.4 Å². The number of halogens is 1. The molecular formula is C15H18BrN5O2S. The van der Waals surface area contributed by atoms with Crippen LogP contribution in [0.3, 0.4) is 0 Å². The number of carbonyl (C=O) groups excluding carboxylic acids is 1. The standard InChI is InChI=1S/C15H18BrN5O2S/c1-15(2,3)23-14(22)19-11-5-4-10(16)6-9(11)7-18-21-13-20-12(17)8-24-13/h4-8H,17H2,1-3H3,(H,19,22)(H,20,21). The van der Waals surface area contributed by atoms with Gasteiger partial charge in [-0.1, -0.05) is 15.9 Å². The van der Waals surface area contributed by atoms with Crippen LogP contribution in [0.5, 0.6) is 0 Å². The third kappa shape index (κ3) is 5.82. The first kappa shape index (κ1) is 18.2. The molecule has 9 heteroatoms. The number of benzene rings is 1. The Morgan fingerprint density at radius 1 is 1.46 bits per heavy atom. The molecule has 0 saturated carbocycles. The van der Waals surface area contributed by atoms with Crippen molar-refractivity contribution in [3.05, 3.63) is 33.6 Å². The molecule has 1 amide bonds. The zero-order chi connectivity index (χ0) is 17.7. The molecule has 7 nitrogen and oxygen atoms in total. The topological polar surface area (TPSA) is 102 Å². The zero-order valence-electron chi connectivity index (χ0n) is 13.5. The van der Waals surface area contributed by atoms with Gasteiger partial charge in [-0.25, -0.2) is 9.78 Å². The molecule has 2 aromatic rings. The highest BCUT2D eigenvalue weighted by atomic mass is 79.9. The molecule has 0 radical (unpaired) electrons. The summed E-state index contributed by atoms with van der Waals surface area (Å²) in [4.78, 5) is 16.0. The molecule has 0 saturated heterocycles. The van der Waals surface area contributed by atoms with E-state index in [1.54, 1.807) is 38.4 Å². The van der Waals surface area contributed by atoms with Gasteiger partial charge >= 0.3 is 6.09 Å². The lowest BCUT2D eigenvalue weighted by Crippen LogP contribution is -2.27. The van der Waals surface area contributed by atoms with Crippen LogP contribution in [0, 0.1) is 0 Å². The molecule has 2 rings (SSSR count). The third-order valence-corrected chi connectivity index (χ3v) is 3.79.